The van der Waals surface area contributed by atoms with Crippen LogP contribution < -0.4 is 5.56 Å². The lowest BCUT2D eigenvalue weighted by atomic mass is 10.4. The van der Waals surface area contributed by atoms with Gasteiger partial charge in [-0.05, 0) is 11.4 Å². The third-order valence-electron chi connectivity index (χ3n) is 1.72. The van der Waals surface area contributed by atoms with Gasteiger partial charge < -0.3 is 4.79 Å². The number of aldehydes is 1. The molecule has 0 N–H and O–H groups in total. The molecule has 2 aromatic heterocycles. The van der Waals surface area contributed by atoms with Crippen molar-refractivity contribution in [3.05, 3.63) is 28.1 Å². The smallest absolute Gasteiger partial charge is 0.262 e. The Kier molecular flexibility index (Phi) is 1.94. The van der Waals surface area contributed by atoms with Crippen LogP contribution in [-0.2, 0) is 11.3 Å². The largest absolute Gasteiger partial charge is 0.301 e. The highest BCUT2D eigenvalue weighted by Gasteiger charge is 2.03. The fourth-order valence-corrected chi connectivity index (χ4v) is 1.83. The minimum atomic E-state index is -0.154. The summed E-state index contributed by atoms with van der Waals surface area (Å²) in [6.45, 7) is 0.0671. The van der Waals surface area contributed by atoms with Gasteiger partial charge in [-0.3, -0.25) is 9.36 Å². The molecule has 0 bridgehead atoms. The highest BCUT2D eigenvalue weighted by atomic mass is 32.1. The number of hydrogen-bond donors (Lipinski definition) is 0. The van der Waals surface area contributed by atoms with Gasteiger partial charge in [0, 0.05) is 0 Å². The van der Waals surface area contributed by atoms with Crippen LogP contribution in [0.1, 0.15) is 0 Å². The number of rotatable bonds is 2. The molecule has 0 unspecified atom stereocenters. The van der Waals surface area contributed by atoms with Gasteiger partial charge in [0.05, 0.1) is 18.3 Å². The standard InChI is InChI=1S/C8H6N2O2S/c11-3-2-10-5-9-7-6(8(10)12)1-4-13-7/h1,3-5H,2H2. The van der Waals surface area contributed by atoms with Crippen molar-refractivity contribution >= 4 is 27.8 Å². The zero-order valence-electron chi connectivity index (χ0n) is 6.64. The molecular formula is C8H6N2O2S. The molecule has 0 saturated carbocycles. The predicted octanol–water partition coefficient (Wildman–Crippen LogP) is 0.657. The van der Waals surface area contributed by atoms with E-state index in [0.717, 1.165) is 0 Å². The molecule has 0 aliphatic carbocycles. The van der Waals surface area contributed by atoms with Crippen molar-refractivity contribution in [2.75, 3.05) is 0 Å². The first-order chi connectivity index (χ1) is 6.33. The quantitative estimate of drug-likeness (QED) is 0.660. The van der Waals surface area contributed by atoms with E-state index in [9.17, 15) is 9.59 Å². The van der Waals surface area contributed by atoms with E-state index >= 15 is 0 Å². The molecule has 0 saturated heterocycles. The average Bonchev–Trinajstić information content (AvgIpc) is 2.58. The molecule has 0 fully saturated rings. The summed E-state index contributed by atoms with van der Waals surface area (Å²) in [4.78, 5) is 26.5. The monoisotopic (exact) mass is 194 g/mol. The van der Waals surface area contributed by atoms with Crippen molar-refractivity contribution in [2.45, 2.75) is 6.54 Å². The number of thiophene rings is 1. The minimum Gasteiger partial charge on any atom is -0.301 e. The second-order valence-electron chi connectivity index (χ2n) is 2.51. The normalized spacial score (nSPS) is 10.5. The summed E-state index contributed by atoms with van der Waals surface area (Å²) >= 11 is 1.42. The number of carbonyl (C=O) groups excluding carboxylic acids is 1. The lowest BCUT2D eigenvalue weighted by molar-refractivity contribution is -0.108. The second kappa shape index (κ2) is 3.10. The molecule has 2 rings (SSSR count). The van der Waals surface area contributed by atoms with Gasteiger partial charge in [-0.1, -0.05) is 0 Å². The van der Waals surface area contributed by atoms with Gasteiger partial charge in [-0.25, -0.2) is 4.98 Å². The number of hydrogen-bond acceptors (Lipinski definition) is 4. The lowest BCUT2D eigenvalue weighted by Gasteiger charge is -1.97. The molecule has 0 spiro atoms. The minimum absolute atomic E-state index is 0.0671. The van der Waals surface area contributed by atoms with Gasteiger partial charge in [0.2, 0.25) is 0 Å². The van der Waals surface area contributed by atoms with Crippen molar-refractivity contribution in [3.8, 4) is 0 Å². The Hall–Kier alpha value is -1.49. The Morgan fingerprint density at radius 3 is 3.23 bits per heavy atom. The summed E-state index contributed by atoms with van der Waals surface area (Å²) in [6.07, 6.45) is 2.08. The summed E-state index contributed by atoms with van der Waals surface area (Å²) in [6, 6.07) is 1.72. The number of aromatic nitrogens is 2. The Balaban J connectivity index is 2.73. The van der Waals surface area contributed by atoms with Crippen molar-refractivity contribution in [2.24, 2.45) is 0 Å². The molecule has 2 heterocycles. The van der Waals surface area contributed by atoms with E-state index in [4.69, 9.17) is 0 Å². The molecule has 0 aromatic carbocycles. The van der Waals surface area contributed by atoms with Crippen molar-refractivity contribution in [1.82, 2.24) is 9.55 Å². The first kappa shape index (κ1) is 8.12. The molecule has 2 aromatic rings. The molecule has 0 atom stereocenters. The Labute approximate surface area is 77.5 Å². The molecule has 4 nitrogen and oxygen atoms in total. The van der Waals surface area contributed by atoms with Gasteiger partial charge in [-0.2, -0.15) is 0 Å². The maximum Gasteiger partial charge on any atom is 0.262 e. The van der Waals surface area contributed by atoms with Crippen LogP contribution in [0.3, 0.4) is 0 Å². The molecule has 66 valence electrons. The summed E-state index contributed by atoms with van der Waals surface area (Å²) in [5, 5.41) is 2.39. The predicted molar refractivity (Wildman–Crippen MR) is 49.9 cm³/mol. The number of fused-ring (bicyclic) bond motifs is 1. The Morgan fingerprint density at radius 1 is 1.62 bits per heavy atom. The molecule has 13 heavy (non-hydrogen) atoms. The fourth-order valence-electron chi connectivity index (χ4n) is 1.10. The maximum atomic E-state index is 11.6. The van der Waals surface area contributed by atoms with Crippen LogP contribution in [0, 0.1) is 0 Å². The molecule has 0 amide bonds. The molecule has 0 aliphatic rings. The van der Waals surface area contributed by atoms with Crippen LogP contribution in [0.15, 0.2) is 22.6 Å². The van der Waals surface area contributed by atoms with Crippen molar-refractivity contribution in [1.29, 1.82) is 0 Å². The first-order valence-corrected chi connectivity index (χ1v) is 4.57. The second-order valence-corrected chi connectivity index (χ2v) is 3.40. The van der Waals surface area contributed by atoms with Crippen LogP contribution in [-0.4, -0.2) is 15.8 Å². The third kappa shape index (κ3) is 1.27. The topological polar surface area (TPSA) is 52.0 Å². The van der Waals surface area contributed by atoms with Crippen LogP contribution in [0.2, 0.25) is 0 Å². The SMILES string of the molecule is O=CCn1cnc2sccc2c1=O. The van der Waals surface area contributed by atoms with E-state index in [1.807, 2.05) is 5.38 Å². The molecular weight excluding hydrogens is 188 g/mol. The van der Waals surface area contributed by atoms with Crippen molar-refractivity contribution < 1.29 is 4.79 Å². The first-order valence-electron chi connectivity index (χ1n) is 3.69. The van der Waals surface area contributed by atoms with Crippen LogP contribution in [0.5, 0.6) is 0 Å². The fraction of sp³-hybridized carbons (Fsp3) is 0.125. The number of carbonyl (C=O) groups is 1. The lowest BCUT2D eigenvalue weighted by Crippen LogP contribution is -2.20. The summed E-state index contributed by atoms with van der Waals surface area (Å²) in [7, 11) is 0. The van der Waals surface area contributed by atoms with E-state index in [0.29, 0.717) is 16.5 Å². The Morgan fingerprint density at radius 2 is 2.46 bits per heavy atom. The van der Waals surface area contributed by atoms with Gasteiger partial charge in [-0.15, -0.1) is 11.3 Å². The molecule has 0 radical (unpaired) electrons. The summed E-state index contributed by atoms with van der Waals surface area (Å²) < 4.78 is 1.29. The third-order valence-corrected chi connectivity index (χ3v) is 2.54. The average molecular weight is 194 g/mol. The van der Waals surface area contributed by atoms with E-state index in [-0.39, 0.29) is 12.1 Å². The van der Waals surface area contributed by atoms with E-state index in [1.165, 1.54) is 22.2 Å². The van der Waals surface area contributed by atoms with Crippen molar-refractivity contribution in [3.63, 3.8) is 0 Å². The van der Waals surface area contributed by atoms with Crippen LogP contribution in [0.4, 0.5) is 0 Å². The van der Waals surface area contributed by atoms with Gasteiger partial charge >= 0.3 is 0 Å². The van der Waals surface area contributed by atoms with Crippen LogP contribution in [0.25, 0.3) is 10.2 Å². The zero-order valence-corrected chi connectivity index (χ0v) is 7.45. The maximum absolute atomic E-state index is 11.6. The zero-order chi connectivity index (χ0) is 9.26. The molecule has 5 heteroatoms. The van der Waals surface area contributed by atoms with E-state index < -0.39 is 0 Å². The number of nitrogens with zero attached hydrogens (tertiary/aromatic N) is 2. The molecule has 0 aliphatic heterocycles. The van der Waals surface area contributed by atoms with E-state index in [1.54, 1.807) is 6.07 Å². The Bertz CT molecular complexity index is 500. The highest BCUT2D eigenvalue weighted by molar-refractivity contribution is 7.16. The van der Waals surface area contributed by atoms with Gasteiger partial charge in [0.15, 0.2) is 0 Å². The summed E-state index contributed by atoms with van der Waals surface area (Å²) in [5.41, 5.74) is -0.154. The van der Waals surface area contributed by atoms with Gasteiger partial charge in [0.1, 0.15) is 11.1 Å². The highest BCUT2D eigenvalue weighted by Crippen LogP contribution is 2.12. The van der Waals surface area contributed by atoms with Gasteiger partial charge in [0.25, 0.3) is 5.56 Å². The van der Waals surface area contributed by atoms with E-state index in [2.05, 4.69) is 4.98 Å². The summed E-state index contributed by atoms with van der Waals surface area (Å²) in [5.74, 6) is 0. The van der Waals surface area contributed by atoms with Crippen LogP contribution >= 0.6 is 11.3 Å².